The van der Waals surface area contributed by atoms with Crippen molar-refractivity contribution in [2.24, 2.45) is 0 Å². The molecule has 3 aromatic heterocycles. The number of fused-ring (bicyclic) bond motifs is 4. The van der Waals surface area contributed by atoms with Crippen LogP contribution in [0.15, 0.2) is 79.3 Å². The highest BCUT2D eigenvalue weighted by molar-refractivity contribution is 5.97. The van der Waals surface area contributed by atoms with Crippen molar-refractivity contribution in [1.29, 1.82) is 0 Å². The van der Waals surface area contributed by atoms with Gasteiger partial charge in [-0.15, -0.1) is 0 Å². The van der Waals surface area contributed by atoms with Gasteiger partial charge in [-0.3, -0.25) is 9.78 Å². The minimum absolute atomic E-state index is 0.202. The summed E-state index contributed by atoms with van der Waals surface area (Å²) in [5, 5.41) is 3.18. The maximum Gasteiger partial charge on any atom is 0.252 e. The first-order valence-corrected chi connectivity index (χ1v) is 10.2. The van der Waals surface area contributed by atoms with Crippen molar-refractivity contribution in [2.45, 2.75) is 6.04 Å². The number of aromatic nitrogens is 4. The Balaban J connectivity index is 1.48. The Labute approximate surface area is 183 Å². The van der Waals surface area contributed by atoms with E-state index in [9.17, 15) is 4.79 Å². The number of nitrogens with two attached hydrogens (primary N) is 1. The molecule has 7 nitrogen and oxygen atoms in total. The van der Waals surface area contributed by atoms with Crippen molar-refractivity contribution < 1.29 is 4.79 Å². The van der Waals surface area contributed by atoms with Crippen LogP contribution in [0.25, 0.3) is 33.5 Å². The monoisotopic (exact) mass is 418 g/mol. The number of rotatable bonds is 3. The van der Waals surface area contributed by atoms with E-state index >= 15 is 0 Å². The van der Waals surface area contributed by atoms with E-state index in [-0.39, 0.29) is 11.9 Å². The molecule has 154 valence electrons. The molecule has 7 heteroatoms. The summed E-state index contributed by atoms with van der Waals surface area (Å²) in [6.45, 7) is 0. The predicted octanol–water partition coefficient (Wildman–Crippen LogP) is 4.10. The SMILES string of the molecule is Nc1cc(C(=O)NC2c3ccccc3-c3c(-c4nc5ccncc5[nH]4)cccc32)ccn1. The van der Waals surface area contributed by atoms with E-state index in [0.29, 0.717) is 11.4 Å². The summed E-state index contributed by atoms with van der Waals surface area (Å²) in [7, 11) is 0. The van der Waals surface area contributed by atoms with Gasteiger partial charge in [-0.2, -0.15) is 0 Å². The summed E-state index contributed by atoms with van der Waals surface area (Å²) >= 11 is 0. The summed E-state index contributed by atoms with van der Waals surface area (Å²) < 4.78 is 0. The van der Waals surface area contributed by atoms with Gasteiger partial charge in [0.25, 0.3) is 5.91 Å². The maximum absolute atomic E-state index is 13.0. The van der Waals surface area contributed by atoms with Crippen LogP contribution in [0.3, 0.4) is 0 Å². The number of hydrogen-bond acceptors (Lipinski definition) is 5. The Bertz CT molecular complexity index is 1470. The second-order valence-corrected chi connectivity index (χ2v) is 7.71. The number of carbonyl (C=O) groups excluding carboxylic acids is 1. The first-order chi connectivity index (χ1) is 15.7. The number of imidazole rings is 1. The molecule has 0 spiro atoms. The van der Waals surface area contributed by atoms with Gasteiger partial charge in [0.05, 0.1) is 23.3 Å². The van der Waals surface area contributed by atoms with Crippen LogP contribution >= 0.6 is 0 Å². The molecule has 1 aliphatic rings. The second kappa shape index (κ2) is 7.02. The van der Waals surface area contributed by atoms with Gasteiger partial charge in [-0.25, -0.2) is 9.97 Å². The quantitative estimate of drug-likeness (QED) is 0.409. The number of carbonyl (C=O) groups is 1. The van der Waals surface area contributed by atoms with Crippen LogP contribution in [0, 0.1) is 0 Å². The van der Waals surface area contributed by atoms with Crippen molar-refractivity contribution in [1.82, 2.24) is 25.3 Å². The molecule has 1 unspecified atom stereocenters. The highest BCUT2D eigenvalue weighted by atomic mass is 16.1. The van der Waals surface area contributed by atoms with E-state index < -0.39 is 0 Å². The van der Waals surface area contributed by atoms with Crippen molar-refractivity contribution >= 4 is 22.8 Å². The number of amides is 1. The summed E-state index contributed by atoms with van der Waals surface area (Å²) in [4.78, 5) is 29.3. The largest absolute Gasteiger partial charge is 0.384 e. The summed E-state index contributed by atoms with van der Waals surface area (Å²) in [5.41, 5.74) is 13.2. The van der Waals surface area contributed by atoms with Crippen LogP contribution < -0.4 is 11.1 Å². The minimum Gasteiger partial charge on any atom is -0.384 e. The lowest BCUT2D eigenvalue weighted by molar-refractivity contribution is 0.0943. The Hall–Kier alpha value is -4.52. The van der Waals surface area contributed by atoms with Crippen LogP contribution in [0.5, 0.6) is 0 Å². The zero-order chi connectivity index (χ0) is 21.7. The summed E-state index contributed by atoms with van der Waals surface area (Å²) in [5.74, 6) is 0.882. The molecule has 0 aliphatic heterocycles. The molecule has 5 aromatic rings. The predicted molar refractivity (Wildman–Crippen MR) is 123 cm³/mol. The minimum atomic E-state index is -0.283. The standard InChI is InChI=1S/C25H18N6O/c26-21-12-14(8-11-28-21)25(32)31-23-16-5-2-1-4-15(16)22-17(23)6-3-7-18(22)24-29-19-9-10-27-13-20(19)30-24/h1-13,23H,(H2,26,28)(H,29,30)(H,31,32). The van der Waals surface area contributed by atoms with Gasteiger partial charge in [0.2, 0.25) is 0 Å². The summed E-state index contributed by atoms with van der Waals surface area (Å²) in [6.07, 6.45) is 5.04. The molecule has 0 fully saturated rings. The number of nitrogen functional groups attached to an aromatic ring is 1. The van der Waals surface area contributed by atoms with Gasteiger partial charge in [0, 0.05) is 23.5 Å². The first-order valence-electron chi connectivity index (χ1n) is 10.2. The normalized spacial score (nSPS) is 14.2. The van der Waals surface area contributed by atoms with Gasteiger partial charge < -0.3 is 16.0 Å². The lowest BCUT2D eigenvalue weighted by Gasteiger charge is -2.16. The van der Waals surface area contributed by atoms with Gasteiger partial charge in [0.1, 0.15) is 11.6 Å². The lowest BCUT2D eigenvalue weighted by atomic mass is 9.98. The van der Waals surface area contributed by atoms with E-state index in [1.165, 1.54) is 6.20 Å². The smallest absolute Gasteiger partial charge is 0.252 e. The average molecular weight is 418 g/mol. The molecular formula is C25H18N6O. The molecule has 32 heavy (non-hydrogen) atoms. The van der Waals surface area contributed by atoms with E-state index in [4.69, 9.17) is 10.7 Å². The average Bonchev–Trinajstić information content (AvgIpc) is 3.39. The van der Waals surface area contributed by atoms with Crippen LogP contribution in [0.4, 0.5) is 5.82 Å². The summed E-state index contributed by atoms with van der Waals surface area (Å²) in [6, 6.07) is 19.1. The van der Waals surface area contributed by atoms with Gasteiger partial charge in [0.15, 0.2) is 0 Å². The van der Waals surface area contributed by atoms with Crippen LogP contribution in [0.1, 0.15) is 27.5 Å². The Morgan fingerprint density at radius 3 is 2.69 bits per heavy atom. The molecule has 1 aliphatic carbocycles. The van der Waals surface area contributed by atoms with E-state index in [1.54, 1.807) is 24.5 Å². The van der Waals surface area contributed by atoms with E-state index in [0.717, 1.165) is 44.7 Å². The fourth-order valence-corrected chi connectivity index (χ4v) is 4.40. The number of hydrogen-bond donors (Lipinski definition) is 3. The van der Waals surface area contributed by atoms with Gasteiger partial charge >= 0.3 is 0 Å². The van der Waals surface area contributed by atoms with Crippen molar-refractivity contribution in [3.05, 3.63) is 95.9 Å². The van der Waals surface area contributed by atoms with E-state index in [1.807, 2.05) is 30.3 Å². The Morgan fingerprint density at radius 1 is 0.969 bits per heavy atom. The molecule has 0 saturated heterocycles. The number of nitrogens with zero attached hydrogens (tertiary/aromatic N) is 3. The van der Waals surface area contributed by atoms with E-state index in [2.05, 4.69) is 38.5 Å². The number of pyridine rings is 2. The van der Waals surface area contributed by atoms with Crippen LogP contribution in [-0.4, -0.2) is 25.8 Å². The number of H-pyrrole nitrogens is 1. The molecule has 2 aromatic carbocycles. The number of anilines is 1. The Kier molecular flexibility index (Phi) is 4.01. The molecule has 6 rings (SSSR count). The lowest BCUT2D eigenvalue weighted by Crippen LogP contribution is -2.28. The molecule has 1 atom stereocenters. The molecule has 3 heterocycles. The van der Waals surface area contributed by atoms with Crippen molar-refractivity contribution in [3.8, 4) is 22.5 Å². The zero-order valence-corrected chi connectivity index (χ0v) is 16.9. The van der Waals surface area contributed by atoms with Crippen molar-refractivity contribution in [2.75, 3.05) is 5.73 Å². The molecule has 0 bridgehead atoms. The highest BCUT2D eigenvalue weighted by Crippen LogP contribution is 2.47. The highest BCUT2D eigenvalue weighted by Gasteiger charge is 2.32. The maximum atomic E-state index is 13.0. The third-order valence-corrected chi connectivity index (χ3v) is 5.81. The van der Waals surface area contributed by atoms with Crippen LogP contribution in [-0.2, 0) is 0 Å². The Morgan fingerprint density at radius 2 is 1.81 bits per heavy atom. The molecule has 1 amide bonds. The number of aromatic amines is 1. The number of nitrogens with one attached hydrogen (secondary N) is 2. The molecular weight excluding hydrogens is 400 g/mol. The fourth-order valence-electron chi connectivity index (χ4n) is 4.40. The molecule has 0 saturated carbocycles. The first kappa shape index (κ1) is 18.3. The van der Waals surface area contributed by atoms with Crippen molar-refractivity contribution in [3.63, 3.8) is 0 Å². The third-order valence-electron chi connectivity index (χ3n) is 5.81. The molecule has 0 radical (unpaired) electrons. The third kappa shape index (κ3) is 2.83. The zero-order valence-electron chi connectivity index (χ0n) is 16.9. The molecule has 4 N–H and O–H groups in total. The van der Waals surface area contributed by atoms with Crippen LogP contribution in [0.2, 0.25) is 0 Å². The second-order valence-electron chi connectivity index (χ2n) is 7.71. The van der Waals surface area contributed by atoms with Gasteiger partial charge in [-0.1, -0.05) is 42.5 Å². The topological polar surface area (TPSA) is 110 Å². The fraction of sp³-hybridized carbons (Fsp3) is 0.0400. The van der Waals surface area contributed by atoms with Gasteiger partial charge in [-0.05, 0) is 40.5 Å². The number of benzene rings is 2.